The van der Waals surface area contributed by atoms with Crippen molar-refractivity contribution in [2.45, 2.75) is 62.7 Å². The molecule has 0 bridgehead atoms. The summed E-state index contributed by atoms with van der Waals surface area (Å²) in [4.78, 5) is 29.6. The van der Waals surface area contributed by atoms with Gasteiger partial charge in [0.05, 0.1) is 43.3 Å². The highest BCUT2D eigenvalue weighted by atomic mass is 32.2. The standard InChI is InChI=1S/C37H45N3O7S2/c1-25(2)21-22-39(49(45,46)30-17-15-27(23-41)16-18-30)31(24-42)33-20-19-32(48-33)26(3)40(37(44)47-4)36(43)35(38)34(28-11-7-5-8-12-28)29-13-9-6-10-14-29/h5-20,25-26,31,34-35,41-42H,21-24,38H2,1-4H3/t26?,31?,35-/m0/s1. The Morgan fingerprint density at radius 1 is 0.837 bits per heavy atom. The summed E-state index contributed by atoms with van der Waals surface area (Å²) in [6.45, 7) is 5.09. The van der Waals surface area contributed by atoms with E-state index >= 15 is 0 Å². The van der Waals surface area contributed by atoms with E-state index in [4.69, 9.17) is 10.5 Å². The lowest BCUT2D eigenvalue weighted by molar-refractivity contribution is -0.132. The van der Waals surface area contributed by atoms with Crippen LogP contribution in [-0.2, 0) is 26.2 Å². The van der Waals surface area contributed by atoms with E-state index in [0.717, 1.165) is 16.0 Å². The van der Waals surface area contributed by atoms with Crippen LogP contribution in [0.25, 0.3) is 0 Å². The molecule has 2 unspecified atom stereocenters. The molecule has 2 amide bonds. The number of thiophene rings is 1. The van der Waals surface area contributed by atoms with E-state index in [9.17, 15) is 28.2 Å². The summed E-state index contributed by atoms with van der Waals surface area (Å²) in [5.41, 5.74) is 8.91. The molecule has 0 radical (unpaired) electrons. The molecule has 0 aliphatic rings. The predicted molar refractivity (Wildman–Crippen MR) is 190 cm³/mol. The highest BCUT2D eigenvalue weighted by molar-refractivity contribution is 7.89. The molecule has 12 heteroatoms. The van der Waals surface area contributed by atoms with Crippen molar-refractivity contribution in [2.75, 3.05) is 20.3 Å². The zero-order valence-electron chi connectivity index (χ0n) is 28.2. The fourth-order valence-electron chi connectivity index (χ4n) is 5.72. The van der Waals surface area contributed by atoms with Gasteiger partial charge in [0.1, 0.15) is 0 Å². The maximum Gasteiger partial charge on any atom is 0.416 e. The number of methoxy groups -OCH3 is 1. The zero-order valence-corrected chi connectivity index (χ0v) is 29.8. The smallest absolute Gasteiger partial charge is 0.416 e. The summed E-state index contributed by atoms with van der Waals surface area (Å²) in [6, 6.07) is 25.3. The van der Waals surface area contributed by atoms with Gasteiger partial charge in [-0.2, -0.15) is 4.31 Å². The van der Waals surface area contributed by atoms with Gasteiger partial charge in [-0.25, -0.2) is 18.1 Å². The van der Waals surface area contributed by atoms with E-state index in [1.807, 2.05) is 74.5 Å². The van der Waals surface area contributed by atoms with Crippen LogP contribution in [0.1, 0.15) is 71.6 Å². The van der Waals surface area contributed by atoms with Crippen LogP contribution < -0.4 is 5.73 Å². The molecular formula is C37H45N3O7S2. The summed E-state index contributed by atoms with van der Waals surface area (Å²) in [5.74, 6) is -1.01. The molecular weight excluding hydrogens is 663 g/mol. The molecule has 0 fully saturated rings. The van der Waals surface area contributed by atoms with Gasteiger partial charge in [-0.05, 0) is 60.2 Å². The van der Waals surface area contributed by atoms with Gasteiger partial charge in [-0.15, -0.1) is 11.3 Å². The van der Waals surface area contributed by atoms with E-state index in [-0.39, 0.29) is 24.0 Å². The van der Waals surface area contributed by atoms with Crippen molar-refractivity contribution in [1.29, 1.82) is 0 Å². The van der Waals surface area contributed by atoms with Crippen LogP contribution in [0.15, 0.2) is 102 Å². The minimum absolute atomic E-state index is 0.0416. The highest BCUT2D eigenvalue weighted by Crippen LogP contribution is 2.37. The van der Waals surface area contributed by atoms with Gasteiger partial charge < -0.3 is 20.7 Å². The third-order valence-corrected chi connectivity index (χ3v) is 11.8. The van der Waals surface area contributed by atoms with Crippen LogP contribution >= 0.6 is 11.3 Å². The predicted octanol–water partition coefficient (Wildman–Crippen LogP) is 5.83. The third kappa shape index (κ3) is 8.82. The van der Waals surface area contributed by atoms with Crippen molar-refractivity contribution in [2.24, 2.45) is 11.7 Å². The van der Waals surface area contributed by atoms with Crippen molar-refractivity contribution < 1.29 is 33.0 Å². The second-order valence-corrected chi connectivity index (χ2v) is 15.3. The zero-order chi connectivity index (χ0) is 35.7. The molecule has 4 aromatic rings. The summed E-state index contributed by atoms with van der Waals surface area (Å²) < 4.78 is 34.3. The van der Waals surface area contributed by atoms with Crippen LogP contribution in [-0.4, -0.2) is 66.1 Å². The van der Waals surface area contributed by atoms with Gasteiger partial charge in [-0.3, -0.25) is 4.79 Å². The van der Waals surface area contributed by atoms with Crippen LogP contribution in [0.2, 0.25) is 0 Å². The quantitative estimate of drug-likeness (QED) is 0.140. The summed E-state index contributed by atoms with van der Waals surface area (Å²) in [6.07, 6.45) is -0.333. The van der Waals surface area contributed by atoms with E-state index in [1.54, 1.807) is 31.2 Å². The maximum atomic E-state index is 14.2. The third-order valence-electron chi connectivity index (χ3n) is 8.51. The molecule has 1 aromatic heterocycles. The molecule has 262 valence electrons. The van der Waals surface area contributed by atoms with Crippen molar-refractivity contribution in [3.8, 4) is 0 Å². The minimum atomic E-state index is -4.07. The first kappa shape index (κ1) is 37.9. The topological polar surface area (TPSA) is 150 Å². The molecule has 1 heterocycles. The number of imide groups is 1. The van der Waals surface area contributed by atoms with Gasteiger partial charge in [0.2, 0.25) is 15.9 Å². The Labute approximate surface area is 292 Å². The Bertz CT molecular complexity index is 1720. The Morgan fingerprint density at radius 3 is 1.88 bits per heavy atom. The molecule has 0 aliphatic carbocycles. The van der Waals surface area contributed by atoms with Crippen LogP contribution in [0, 0.1) is 5.92 Å². The van der Waals surface area contributed by atoms with Gasteiger partial charge in [0.15, 0.2) is 0 Å². The number of carbonyl (C=O) groups is 2. The van der Waals surface area contributed by atoms with Crippen LogP contribution in [0.5, 0.6) is 0 Å². The molecule has 10 nitrogen and oxygen atoms in total. The summed E-state index contributed by atoms with van der Waals surface area (Å²) in [7, 11) is -2.88. The van der Waals surface area contributed by atoms with Gasteiger partial charge in [0, 0.05) is 22.2 Å². The second-order valence-electron chi connectivity index (χ2n) is 12.2. The largest absolute Gasteiger partial charge is 0.452 e. The number of aliphatic hydroxyl groups is 2. The number of carbonyl (C=O) groups excluding carboxylic acids is 2. The fraction of sp³-hybridized carbons (Fsp3) is 0.351. The molecule has 0 saturated carbocycles. The first-order chi connectivity index (χ1) is 23.4. The first-order valence-electron chi connectivity index (χ1n) is 16.1. The molecule has 0 saturated heterocycles. The lowest BCUT2D eigenvalue weighted by Crippen LogP contribution is -2.50. The summed E-state index contributed by atoms with van der Waals surface area (Å²) in [5, 5.41) is 20.1. The second kappa shape index (κ2) is 17.1. The van der Waals surface area contributed by atoms with Crippen LogP contribution in [0.3, 0.4) is 0 Å². The highest BCUT2D eigenvalue weighted by Gasteiger charge is 2.39. The SMILES string of the molecule is COC(=O)N(C(=O)[C@@H](N)C(c1ccccc1)c1ccccc1)C(C)c1ccc(C(CO)N(CCC(C)C)S(=O)(=O)c2ccc(CO)cc2)s1. The number of nitrogens with zero attached hydrogens (tertiary/aromatic N) is 2. The van der Waals surface area contributed by atoms with Crippen molar-refractivity contribution in [3.63, 3.8) is 0 Å². The van der Waals surface area contributed by atoms with Gasteiger partial charge in [-0.1, -0.05) is 86.6 Å². The lowest BCUT2D eigenvalue weighted by Gasteiger charge is -2.32. The van der Waals surface area contributed by atoms with Gasteiger partial charge >= 0.3 is 6.09 Å². The fourth-order valence-corrected chi connectivity index (χ4v) is 8.56. The molecule has 4 rings (SSSR count). The van der Waals surface area contributed by atoms with E-state index in [0.29, 0.717) is 21.7 Å². The number of amides is 2. The monoisotopic (exact) mass is 707 g/mol. The number of rotatable bonds is 15. The number of benzene rings is 3. The lowest BCUT2D eigenvalue weighted by atomic mass is 9.84. The minimum Gasteiger partial charge on any atom is -0.452 e. The normalized spacial score (nSPS) is 13.8. The van der Waals surface area contributed by atoms with E-state index < -0.39 is 52.7 Å². The molecule has 3 atom stereocenters. The van der Waals surface area contributed by atoms with Crippen LogP contribution in [0.4, 0.5) is 4.79 Å². The molecule has 0 aliphatic heterocycles. The Balaban J connectivity index is 1.69. The number of hydrogen-bond acceptors (Lipinski definition) is 9. The van der Waals surface area contributed by atoms with Crippen molar-refractivity contribution in [3.05, 3.63) is 124 Å². The number of nitrogens with two attached hydrogens (primary N) is 1. The molecule has 3 aromatic carbocycles. The van der Waals surface area contributed by atoms with Gasteiger partial charge in [0.25, 0.3) is 0 Å². The Morgan fingerprint density at radius 2 is 1.39 bits per heavy atom. The summed E-state index contributed by atoms with van der Waals surface area (Å²) >= 11 is 1.20. The number of ether oxygens (including phenoxy) is 1. The number of hydrogen-bond donors (Lipinski definition) is 3. The average Bonchev–Trinajstić information content (AvgIpc) is 3.61. The molecule has 49 heavy (non-hydrogen) atoms. The average molecular weight is 708 g/mol. The Hall–Kier alpha value is -3.91. The van der Waals surface area contributed by atoms with Crippen molar-refractivity contribution in [1.82, 2.24) is 9.21 Å². The van der Waals surface area contributed by atoms with E-state index in [1.165, 1.54) is 34.9 Å². The molecule has 0 spiro atoms. The van der Waals surface area contributed by atoms with Crippen molar-refractivity contribution >= 4 is 33.4 Å². The maximum absolute atomic E-state index is 14.2. The molecule has 4 N–H and O–H groups in total. The number of sulfonamides is 1. The Kier molecular flexibility index (Phi) is 13.3. The number of aliphatic hydroxyl groups excluding tert-OH is 2. The first-order valence-corrected chi connectivity index (χ1v) is 18.4. The van der Waals surface area contributed by atoms with E-state index in [2.05, 4.69) is 0 Å².